The van der Waals surface area contributed by atoms with Gasteiger partial charge in [-0.2, -0.15) is 13.2 Å². The van der Waals surface area contributed by atoms with E-state index in [1.54, 1.807) is 6.07 Å². The van der Waals surface area contributed by atoms with Gasteiger partial charge in [0.25, 0.3) is 5.91 Å². The normalized spacial score (nSPS) is 12.0. The van der Waals surface area contributed by atoms with E-state index in [0.29, 0.717) is 28.9 Å². The van der Waals surface area contributed by atoms with Gasteiger partial charge in [0.2, 0.25) is 5.82 Å². The van der Waals surface area contributed by atoms with Crippen LogP contribution in [0.5, 0.6) is 0 Å². The number of nitrogens with two attached hydrogens (primary N) is 1. The number of pyridine rings is 2. The third-order valence-electron chi connectivity index (χ3n) is 4.99. The van der Waals surface area contributed by atoms with Crippen LogP contribution in [0, 0.1) is 5.82 Å². The molecule has 2 N–H and O–H groups in total. The van der Waals surface area contributed by atoms with Crippen molar-refractivity contribution in [3.63, 3.8) is 0 Å². The molecule has 0 bridgehead atoms. The van der Waals surface area contributed by atoms with E-state index in [4.69, 9.17) is 5.73 Å². The summed E-state index contributed by atoms with van der Waals surface area (Å²) in [5, 5.41) is 0.00841. The van der Waals surface area contributed by atoms with Gasteiger partial charge in [0.15, 0.2) is 26.5 Å². The zero-order chi connectivity index (χ0) is 26.3. The number of halogens is 4. The highest BCUT2D eigenvalue weighted by molar-refractivity contribution is 7.90. The Morgan fingerprint density at radius 3 is 2.42 bits per heavy atom. The maximum absolute atomic E-state index is 13.7. The van der Waals surface area contributed by atoms with E-state index in [1.807, 2.05) is 0 Å². The summed E-state index contributed by atoms with van der Waals surface area (Å²) in [5.74, 6) is -3.36. The number of anilines is 2. The number of carbonyl (C=O) groups is 1. The molecule has 0 aliphatic rings. The Bertz CT molecular complexity index is 1580. The van der Waals surface area contributed by atoms with Crippen LogP contribution in [0.15, 0.2) is 60.0 Å². The largest absolute Gasteiger partial charge is 0.451 e. The van der Waals surface area contributed by atoms with Crippen molar-refractivity contribution in [3.05, 3.63) is 77.8 Å². The van der Waals surface area contributed by atoms with Crippen molar-refractivity contribution >= 4 is 38.2 Å². The Morgan fingerprint density at radius 1 is 1.08 bits per heavy atom. The van der Waals surface area contributed by atoms with Crippen molar-refractivity contribution in [3.8, 4) is 0 Å². The molecule has 0 aliphatic carbocycles. The molecular formula is C22H16F4N6O3S. The molecule has 3 heterocycles. The second kappa shape index (κ2) is 9.11. The standard InChI is InChI=1S/C22H16F4N6O3S/c1-36(34,35)19-17(3-2-6-28-19)32(20(33)14-9-29-21(30-10-14)22(24,25)26)11-12-4-5-13-8-15(23)18(27)31-16(13)7-12/h2-10H,11H2,1H3,(H2,27,31). The van der Waals surface area contributed by atoms with Crippen LogP contribution < -0.4 is 10.6 Å². The molecule has 1 aromatic carbocycles. The van der Waals surface area contributed by atoms with E-state index in [-0.39, 0.29) is 23.6 Å². The van der Waals surface area contributed by atoms with Crippen molar-refractivity contribution in [1.29, 1.82) is 0 Å². The maximum Gasteiger partial charge on any atom is 0.451 e. The number of benzene rings is 1. The topological polar surface area (TPSA) is 132 Å². The van der Waals surface area contributed by atoms with Crippen molar-refractivity contribution < 1.29 is 30.8 Å². The molecular weight excluding hydrogens is 504 g/mol. The van der Waals surface area contributed by atoms with Crippen molar-refractivity contribution in [2.45, 2.75) is 17.7 Å². The molecule has 0 unspecified atom stereocenters. The summed E-state index contributed by atoms with van der Waals surface area (Å²) in [6.07, 6.45) is -1.28. The lowest BCUT2D eigenvalue weighted by Crippen LogP contribution is -2.32. The molecule has 1 amide bonds. The van der Waals surface area contributed by atoms with E-state index in [0.717, 1.165) is 11.2 Å². The third kappa shape index (κ3) is 5.07. The quantitative estimate of drug-likeness (QED) is 0.396. The molecule has 4 aromatic rings. The third-order valence-corrected chi connectivity index (χ3v) is 6.01. The van der Waals surface area contributed by atoms with Gasteiger partial charge in [-0.15, -0.1) is 0 Å². The average Bonchev–Trinajstić information content (AvgIpc) is 2.82. The molecule has 9 nitrogen and oxygen atoms in total. The van der Waals surface area contributed by atoms with Crippen LogP contribution in [0.25, 0.3) is 10.9 Å². The lowest BCUT2D eigenvalue weighted by molar-refractivity contribution is -0.145. The van der Waals surface area contributed by atoms with Gasteiger partial charge in [-0.1, -0.05) is 12.1 Å². The molecule has 186 valence electrons. The number of hydrogen-bond donors (Lipinski definition) is 1. The Morgan fingerprint density at radius 2 is 1.78 bits per heavy atom. The van der Waals surface area contributed by atoms with E-state index in [1.165, 1.54) is 36.5 Å². The van der Waals surface area contributed by atoms with Gasteiger partial charge in [0.1, 0.15) is 0 Å². The second-order valence-corrected chi connectivity index (χ2v) is 9.60. The molecule has 0 fully saturated rings. The van der Waals surface area contributed by atoms with Crippen LogP contribution in [-0.4, -0.2) is 40.5 Å². The Balaban J connectivity index is 1.81. The van der Waals surface area contributed by atoms with Crippen LogP contribution >= 0.6 is 0 Å². The molecule has 0 spiro atoms. The number of fused-ring (bicyclic) bond motifs is 1. The summed E-state index contributed by atoms with van der Waals surface area (Å²) < 4.78 is 77.1. The summed E-state index contributed by atoms with van der Waals surface area (Å²) in [6, 6.07) is 8.53. The van der Waals surface area contributed by atoms with Gasteiger partial charge in [0.05, 0.1) is 23.3 Å². The molecule has 0 radical (unpaired) electrons. The Labute approximate surface area is 201 Å². The fourth-order valence-electron chi connectivity index (χ4n) is 3.36. The number of hydrogen-bond acceptors (Lipinski definition) is 8. The van der Waals surface area contributed by atoms with Gasteiger partial charge in [0, 0.05) is 30.2 Å². The van der Waals surface area contributed by atoms with Gasteiger partial charge in [-0.3, -0.25) is 4.79 Å². The molecule has 0 aliphatic heterocycles. The van der Waals surface area contributed by atoms with Crippen molar-refractivity contribution in [2.24, 2.45) is 0 Å². The van der Waals surface area contributed by atoms with Crippen molar-refractivity contribution in [2.75, 3.05) is 16.9 Å². The Kier molecular flexibility index (Phi) is 6.30. The predicted molar refractivity (Wildman–Crippen MR) is 121 cm³/mol. The Hall–Kier alpha value is -4.20. The van der Waals surface area contributed by atoms with Gasteiger partial charge < -0.3 is 10.6 Å². The fraction of sp³-hybridized carbons (Fsp3) is 0.136. The highest BCUT2D eigenvalue weighted by atomic mass is 32.2. The predicted octanol–water partition coefficient (Wildman–Crippen LogP) is 3.41. The van der Waals surface area contributed by atoms with Crippen LogP contribution in [0.3, 0.4) is 0 Å². The summed E-state index contributed by atoms with van der Waals surface area (Å²) in [4.78, 5) is 28.7. The summed E-state index contributed by atoms with van der Waals surface area (Å²) in [5.41, 5.74) is 5.85. The SMILES string of the molecule is CS(=O)(=O)c1ncccc1N(Cc1ccc2cc(F)c(N)nc2c1)C(=O)c1cnc(C(F)(F)F)nc1. The monoisotopic (exact) mass is 520 g/mol. The lowest BCUT2D eigenvalue weighted by Gasteiger charge is -2.24. The smallest absolute Gasteiger partial charge is 0.381 e. The number of rotatable bonds is 5. The van der Waals surface area contributed by atoms with Gasteiger partial charge in [-0.25, -0.2) is 32.7 Å². The first-order valence-corrected chi connectivity index (χ1v) is 11.9. The average molecular weight is 520 g/mol. The highest BCUT2D eigenvalue weighted by Gasteiger charge is 2.35. The van der Waals surface area contributed by atoms with Crippen LogP contribution in [0.4, 0.5) is 29.1 Å². The summed E-state index contributed by atoms with van der Waals surface area (Å²) >= 11 is 0. The number of nitrogens with zero attached hydrogens (tertiary/aromatic N) is 5. The van der Waals surface area contributed by atoms with Crippen LogP contribution in [0.1, 0.15) is 21.7 Å². The zero-order valence-corrected chi connectivity index (χ0v) is 19.2. The minimum Gasteiger partial charge on any atom is -0.381 e. The zero-order valence-electron chi connectivity index (χ0n) is 18.4. The molecule has 0 saturated heterocycles. The first kappa shape index (κ1) is 24.9. The molecule has 0 saturated carbocycles. The number of nitrogen functional groups attached to an aromatic ring is 1. The minimum absolute atomic E-state index is 0.114. The van der Waals surface area contributed by atoms with Crippen LogP contribution in [-0.2, 0) is 22.6 Å². The number of aromatic nitrogens is 4. The van der Waals surface area contributed by atoms with Crippen molar-refractivity contribution in [1.82, 2.24) is 19.9 Å². The number of carbonyl (C=O) groups excluding carboxylic acids is 1. The number of amides is 1. The van der Waals surface area contributed by atoms with Gasteiger partial charge in [-0.05, 0) is 29.8 Å². The second-order valence-electron chi connectivity index (χ2n) is 7.67. The lowest BCUT2D eigenvalue weighted by atomic mass is 10.1. The first-order chi connectivity index (χ1) is 16.8. The molecule has 36 heavy (non-hydrogen) atoms. The number of alkyl halides is 3. The highest BCUT2D eigenvalue weighted by Crippen LogP contribution is 2.29. The van der Waals surface area contributed by atoms with E-state index in [9.17, 15) is 30.8 Å². The summed E-state index contributed by atoms with van der Waals surface area (Å²) in [7, 11) is -3.91. The summed E-state index contributed by atoms with van der Waals surface area (Å²) in [6.45, 7) is -0.247. The molecule has 3 aromatic heterocycles. The first-order valence-electron chi connectivity index (χ1n) is 10.1. The molecule has 0 atom stereocenters. The fourth-order valence-corrected chi connectivity index (χ4v) is 4.17. The van der Waals surface area contributed by atoms with Gasteiger partial charge >= 0.3 is 6.18 Å². The minimum atomic E-state index is -4.81. The molecule has 14 heteroatoms. The number of sulfone groups is 1. The van der Waals surface area contributed by atoms with E-state index in [2.05, 4.69) is 19.9 Å². The van der Waals surface area contributed by atoms with E-state index < -0.39 is 38.6 Å². The van der Waals surface area contributed by atoms with E-state index >= 15 is 0 Å². The maximum atomic E-state index is 13.7. The molecule has 4 rings (SSSR count). The van der Waals surface area contributed by atoms with Crippen LogP contribution in [0.2, 0.25) is 0 Å².